The van der Waals surface area contributed by atoms with Gasteiger partial charge in [-0.1, -0.05) is 44.2 Å². The van der Waals surface area contributed by atoms with Crippen molar-refractivity contribution in [2.24, 2.45) is 33.5 Å². The first kappa shape index (κ1) is 32.1. The van der Waals surface area contributed by atoms with E-state index < -0.39 is 11.0 Å². The van der Waals surface area contributed by atoms with E-state index in [2.05, 4.69) is 54.0 Å². The van der Waals surface area contributed by atoms with E-state index in [1.165, 1.54) is 0 Å². The molecule has 0 radical (unpaired) electrons. The van der Waals surface area contributed by atoms with Crippen molar-refractivity contribution in [1.82, 2.24) is 4.90 Å². The third-order valence-corrected chi connectivity index (χ3v) is 14.6. The van der Waals surface area contributed by atoms with E-state index in [1.54, 1.807) is 14.2 Å². The van der Waals surface area contributed by atoms with Gasteiger partial charge in [-0.05, 0) is 98.6 Å². The molecule has 1 aliphatic heterocycles. The second-order valence-electron chi connectivity index (χ2n) is 16.3. The summed E-state index contributed by atoms with van der Waals surface area (Å²) < 4.78 is 11.1. The molecule has 6 aliphatic carbocycles. The van der Waals surface area contributed by atoms with Gasteiger partial charge < -0.3 is 24.6 Å². The van der Waals surface area contributed by atoms with Gasteiger partial charge in [-0.2, -0.15) is 0 Å². The molecule has 2 bridgehead atoms. The molecule has 2 aromatic rings. The quantitative estimate of drug-likeness (QED) is 0.269. The molecule has 1 heterocycles. The first-order valence-electron chi connectivity index (χ1n) is 18.2. The zero-order valence-electron chi connectivity index (χ0n) is 29.1. The Morgan fingerprint density at radius 2 is 1.54 bits per heavy atom. The Bertz CT molecular complexity index is 1650. The molecule has 0 aromatic heterocycles. The summed E-state index contributed by atoms with van der Waals surface area (Å²) in [4.78, 5) is 19.6. The number of rotatable bonds is 7. The Morgan fingerprint density at radius 1 is 0.854 bits per heavy atom. The number of aliphatic hydroxyl groups excluding tert-OH is 1. The lowest BCUT2D eigenvalue weighted by Crippen LogP contribution is -2.67. The number of carbonyl (C=O) groups excluding carboxylic acids is 1. The Hall–Kier alpha value is -3.13. The molecule has 2 aromatic carbocycles. The van der Waals surface area contributed by atoms with E-state index in [0.29, 0.717) is 18.5 Å². The first-order chi connectivity index (χ1) is 23.0. The summed E-state index contributed by atoms with van der Waals surface area (Å²) >= 11 is 0. The van der Waals surface area contributed by atoms with Crippen molar-refractivity contribution >= 4 is 11.5 Å². The number of carbonyl (C=O) groups is 1. The number of piperazine rings is 1. The van der Waals surface area contributed by atoms with E-state index in [4.69, 9.17) is 9.47 Å². The summed E-state index contributed by atoms with van der Waals surface area (Å²) in [6.07, 6.45) is 12.7. The monoisotopic (exact) mass is 652 g/mol. The topological polar surface area (TPSA) is 82.5 Å². The average Bonchev–Trinajstić information content (AvgIpc) is 3.38. The van der Waals surface area contributed by atoms with Gasteiger partial charge in [-0.3, -0.25) is 9.69 Å². The van der Waals surface area contributed by atoms with E-state index >= 15 is 0 Å². The van der Waals surface area contributed by atoms with E-state index in [-0.39, 0.29) is 40.0 Å². The number of Topliss-reactive ketones (excluding diaryl/α,β-unsaturated/α-hetero) is 1. The lowest BCUT2D eigenvalue weighted by molar-refractivity contribution is -0.176. The second kappa shape index (κ2) is 11.2. The maximum atomic E-state index is 14.8. The molecule has 8 atom stereocenters. The van der Waals surface area contributed by atoms with Crippen LogP contribution >= 0.6 is 0 Å². The van der Waals surface area contributed by atoms with Crippen molar-refractivity contribution in [2.75, 3.05) is 51.8 Å². The van der Waals surface area contributed by atoms with Crippen molar-refractivity contribution in [3.05, 3.63) is 77.9 Å². The van der Waals surface area contributed by atoms with Crippen LogP contribution in [0.25, 0.3) is 0 Å². The maximum absolute atomic E-state index is 14.8. The van der Waals surface area contributed by atoms with Crippen molar-refractivity contribution in [1.29, 1.82) is 0 Å². The van der Waals surface area contributed by atoms with E-state index in [0.717, 1.165) is 87.5 Å². The highest BCUT2D eigenvalue weighted by molar-refractivity contribution is 6.10. The standard InChI is InChI=1S/C41H52N2O5/c1-37-16-13-29(44)25-39(37)19-20-41(31(26-39)36(45)28-9-11-30(47-3)12-10-28)34(37)14-17-38(2)35(41)15-18-40(38,46)27-42-21-23-43(24-22-42)32-7-5-6-8-33(32)48-4/h5-12,19-20,26,29,34-35,44,46H,13-18,21-25,27H2,1-4H3/t29?,34-,35-,37-,38+,39+,40-,41-/m1/s1. The molecule has 4 fully saturated rings. The number of methoxy groups -OCH3 is 2. The van der Waals surface area contributed by atoms with Crippen LogP contribution in [-0.4, -0.2) is 79.5 Å². The van der Waals surface area contributed by atoms with E-state index in [1.807, 2.05) is 36.4 Å². The van der Waals surface area contributed by atoms with Crippen LogP contribution in [0.3, 0.4) is 0 Å². The summed E-state index contributed by atoms with van der Waals surface area (Å²) in [5.74, 6) is 2.15. The molecule has 2 spiro atoms. The molecule has 256 valence electrons. The fourth-order valence-electron chi connectivity index (χ4n) is 11.9. The highest BCUT2D eigenvalue weighted by Crippen LogP contribution is 2.78. The number of ether oxygens (including phenoxy) is 2. The van der Waals surface area contributed by atoms with Crippen LogP contribution in [0, 0.1) is 33.5 Å². The lowest BCUT2D eigenvalue weighted by Gasteiger charge is -2.71. The number of hydrogen-bond acceptors (Lipinski definition) is 7. The zero-order valence-corrected chi connectivity index (χ0v) is 29.1. The van der Waals surface area contributed by atoms with Crippen molar-refractivity contribution < 1.29 is 24.5 Å². The highest BCUT2D eigenvalue weighted by atomic mass is 16.5. The fraction of sp³-hybridized carbons (Fsp3) is 0.585. The summed E-state index contributed by atoms with van der Waals surface area (Å²) in [5, 5.41) is 23.8. The minimum Gasteiger partial charge on any atom is -0.497 e. The SMILES string of the molecule is COc1ccc(C(=O)C2=C[C@@]34C=C[C@@]25[C@@H]2CC[C@@](O)(CN6CCN(c7ccccc7OC)CC6)[C@@]2(C)CC[C@@H]5[C@@]3(C)CCC(O)C4)cc1. The first-order valence-corrected chi connectivity index (χ1v) is 18.2. The van der Waals surface area contributed by atoms with Crippen LogP contribution in [0.1, 0.15) is 69.2 Å². The van der Waals surface area contributed by atoms with Gasteiger partial charge in [-0.15, -0.1) is 0 Å². The van der Waals surface area contributed by atoms with Crippen molar-refractivity contribution in [2.45, 2.75) is 70.5 Å². The molecule has 2 N–H and O–H groups in total. The number of hydrogen-bond donors (Lipinski definition) is 2. The third-order valence-electron chi connectivity index (χ3n) is 14.6. The zero-order chi connectivity index (χ0) is 33.5. The number of benzene rings is 2. The second-order valence-corrected chi connectivity index (χ2v) is 16.3. The van der Waals surface area contributed by atoms with Gasteiger partial charge >= 0.3 is 0 Å². The Morgan fingerprint density at radius 3 is 2.27 bits per heavy atom. The number of allylic oxidation sites excluding steroid dienone is 4. The van der Waals surface area contributed by atoms with Crippen LogP contribution < -0.4 is 14.4 Å². The normalized spacial score (nSPS) is 40.1. The van der Waals surface area contributed by atoms with Crippen LogP contribution in [0.5, 0.6) is 11.5 Å². The van der Waals surface area contributed by atoms with Crippen LogP contribution in [0.2, 0.25) is 0 Å². The minimum absolute atomic E-state index is 0.0402. The minimum atomic E-state index is -0.845. The fourth-order valence-corrected chi connectivity index (χ4v) is 11.9. The molecule has 7 heteroatoms. The molecule has 1 saturated heterocycles. The lowest BCUT2D eigenvalue weighted by atomic mass is 9.32. The molecule has 7 nitrogen and oxygen atoms in total. The molecule has 1 unspecified atom stereocenters. The summed E-state index contributed by atoms with van der Waals surface area (Å²) in [6.45, 7) is 8.99. The Balaban J connectivity index is 1.12. The molecule has 9 rings (SSSR count). The molecular weight excluding hydrogens is 600 g/mol. The third kappa shape index (κ3) is 4.32. The largest absolute Gasteiger partial charge is 0.497 e. The molecular formula is C41H52N2O5. The molecule has 3 saturated carbocycles. The number of anilines is 1. The van der Waals surface area contributed by atoms with Gasteiger partial charge in [0.1, 0.15) is 11.5 Å². The number of para-hydroxylation sites is 2. The molecule has 0 amide bonds. The molecule has 7 aliphatic rings. The van der Waals surface area contributed by atoms with Gasteiger partial charge in [-0.25, -0.2) is 0 Å². The smallest absolute Gasteiger partial charge is 0.189 e. The summed E-state index contributed by atoms with van der Waals surface area (Å²) in [5.41, 5.74) is 0.703. The highest BCUT2D eigenvalue weighted by Gasteiger charge is 2.74. The van der Waals surface area contributed by atoms with Crippen molar-refractivity contribution in [3.63, 3.8) is 0 Å². The molecule has 48 heavy (non-hydrogen) atoms. The van der Waals surface area contributed by atoms with Gasteiger partial charge in [0.05, 0.1) is 31.6 Å². The summed E-state index contributed by atoms with van der Waals surface area (Å²) in [6, 6.07) is 15.8. The number of aliphatic hydroxyl groups is 2. The average molecular weight is 653 g/mol. The number of β-amino-alcohol motifs (C(OH)–C–C–N with tert-alkyl or cyclic N) is 1. The van der Waals surface area contributed by atoms with Crippen LogP contribution in [0.15, 0.2) is 72.3 Å². The Labute approximate surface area is 285 Å². The van der Waals surface area contributed by atoms with Crippen LogP contribution in [-0.2, 0) is 0 Å². The van der Waals surface area contributed by atoms with Crippen molar-refractivity contribution in [3.8, 4) is 11.5 Å². The predicted molar refractivity (Wildman–Crippen MR) is 188 cm³/mol. The maximum Gasteiger partial charge on any atom is 0.189 e. The predicted octanol–water partition coefficient (Wildman–Crippen LogP) is 6.30. The number of ketones is 1. The number of fused-ring (bicyclic) bond motifs is 1. The van der Waals surface area contributed by atoms with Gasteiger partial charge in [0.25, 0.3) is 0 Å². The van der Waals surface area contributed by atoms with Gasteiger partial charge in [0.2, 0.25) is 0 Å². The Kier molecular flexibility index (Phi) is 7.48. The number of nitrogens with zero attached hydrogens (tertiary/aromatic N) is 2. The summed E-state index contributed by atoms with van der Waals surface area (Å²) in [7, 11) is 3.37. The van der Waals surface area contributed by atoms with E-state index in [9.17, 15) is 15.0 Å². The van der Waals surface area contributed by atoms with Gasteiger partial charge in [0, 0.05) is 60.1 Å². The van der Waals surface area contributed by atoms with Gasteiger partial charge in [0.15, 0.2) is 5.78 Å². The van der Waals surface area contributed by atoms with Crippen LogP contribution in [0.4, 0.5) is 5.69 Å².